The molecule has 2 aliphatic rings. The zero-order chi connectivity index (χ0) is 19.9. The number of rotatable bonds is 7. The Balaban J connectivity index is 1.23. The highest BCUT2D eigenvalue weighted by atomic mass is 32.2. The van der Waals surface area contributed by atoms with Crippen LogP contribution in [0.4, 0.5) is 0 Å². The fourth-order valence-corrected chi connectivity index (χ4v) is 6.85. The molecule has 0 radical (unpaired) electrons. The summed E-state index contributed by atoms with van der Waals surface area (Å²) in [5.74, 6) is 4.03. The molecule has 4 heterocycles. The average Bonchev–Trinajstić information content (AvgIpc) is 3.17. The maximum Gasteiger partial charge on any atom is 0.191 e. The van der Waals surface area contributed by atoms with Crippen molar-refractivity contribution in [1.82, 2.24) is 29.5 Å². The molecule has 1 saturated carbocycles. The lowest BCUT2D eigenvalue weighted by Gasteiger charge is -2.15. The molecule has 6 nitrogen and oxygen atoms in total. The zero-order valence-electron chi connectivity index (χ0n) is 16.2. The van der Waals surface area contributed by atoms with Crippen LogP contribution >= 0.6 is 34.9 Å². The van der Waals surface area contributed by atoms with E-state index < -0.39 is 0 Å². The van der Waals surface area contributed by atoms with Gasteiger partial charge < -0.3 is 4.57 Å². The van der Waals surface area contributed by atoms with Gasteiger partial charge in [0.15, 0.2) is 16.1 Å². The molecule has 9 heteroatoms. The standard InChI is InChI=1S/C21H20N6S3/c1-2-5-14(6-3-1)19-23-25-21-27(19)16(13-30-21)12-29-20-24-22-18(26(20)15-8-9-15)11-17-7-4-10-28-17/h1-7,10,15-16H,8-9,11-13H2/t16-/m0/s1. The Morgan fingerprint density at radius 3 is 2.67 bits per heavy atom. The summed E-state index contributed by atoms with van der Waals surface area (Å²) in [7, 11) is 0. The molecule has 152 valence electrons. The fourth-order valence-electron chi connectivity index (χ4n) is 3.82. The third-order valence-electron chi connectivity index (χ3n) is 5.43. The molecule has 0 bridgehead atoms. The van der Waals surface area contributed by atoms with E-state index in [1.54, 1.807) is 23.1 Å². The Morgan fingerprint density at radius 2 is 1.87 bits per heavy atom. The molecule has 0 spiro atoms. The predicted octanol–water partition coefficient (Wildman–Crippen LogP) is 4.96. The minimum Gasteiger partial charge on any atom is -0.303 e. The molecule has 1 fully saturated rings. The maximum absolute atomic E-state index is 4.58. The van der Waals surface area contributed by atoms with Gasteiger partial charge in [0.2, 0.25) is 0 Å². The topological polar surface area (TPSA) is 61.4 Å². The normalized spacial score (nSPS) is 18.1. The molecular weight excluding hydrogens is 432 g/mol. The van der Waals surface area contributed by atoms with E-state index >= 15 is 0 Å². The smallest absolute Gasteiger partial charge is 0.191 e. The lowest BCUT2D eigenvalue weighted by Crippen LogP contribution is -2.12. The summed E-state index contributed by atoms with van der Waals surface area (Å²) in [5.41, 5.74) is 1.12. The largest absolute Gasteiger partial charge is 0.303 e. The average molecular weight is 453 g/mol. The van der Waals surface area contributed by atoms with E-state index in [-0.39, 0.29) is 0 Å². The second-order valence-electron chi connectivity index (χ2n) is 7.57. The Hall–Kier alpha value is -2.10. The minimum absolute atomic E-state index is 0.352. The second-order valence-corrected chi connectivity index (χ2v) is 10.6. The van der Waals surface area contributed by atoms with Crippen LogP contribution in [0.25, 0.3) is 11.4 Å². The van der Waals surface area contributed by atoms with Gasteiger partial charge >= 0.3 is 0 Å². The van der Waals surface area contributed by atoms with Gasteiger partial charge in [-0.2, -0.15) is 0 Å². The summed E-state index contributed by atoms with van der Waals surface area (Å²) in [5, 5.41) is 22.2. The Labute approximate surface area is 187 Å². The van der Waals surface area contributed by atoms with Gasteiger partial charge in [-0.15, -0.1) is 31.7 Å². The first-order valence-electron chi connectivity index (χ1n) is 10.1. The molecule has 1 aliphatic heterocycles. The Kier molecular flexibility index (Phi) is 4.89. The number of hydrogen-bond acceptors (Lipinski definition) is 7. The molecule has 4 aromatic rings. The monoisotopic (exact) mass is 452 g/mol. The number of nitrogens with zero attached hydrogens (tertiary/aromatic N) is 6. The molecule has 1 atom stereocenters. The molecule has 6 rings (SSSR count). The minimum atomic E-state index is 0.352. The van der Waals surface area contributed by atoms with Crippen molar-refractivity contribution >= 4 is 34.9 Å². The number of hydrogen-bond donors (Lipinski definition) is 0. The van der Waals surface area contributed by atoms with Crippen LogP contribution in [0, 0.1) is 0 Å². The van der Waals surface area contributed by atoms with Crippen LogP contribution in [0.1, 0.15) is 35.6 Å². The lowest BCUT2D eigenvalue weighted by atomic mass is 10.2. The summed E-state index contributed by atoms with van der Waals surface area (Å²) in [6, 6.07) is 15.5. The van der Waals surface area contributed by atoms with Crippen LogP contribution in [0.5, 0.6) is 0 Å². The van der Waals surface area contributed by atoms with Crippen molar-refractivity contribution in [3.8, 4) is 11.4 Å². The molecule has 1 aromatic carbocycles. The van der Waals surface area contributed by atoms with Gasteiger partial charge in [-0.3, -0.25) is 4.57 Å². The van der Waals surface area contributed by atoms with Crippen LogP contribution in [-0.4, -0.2) is 41.0 Å². The van der Waals surface area contributed by atoms with Gasteiger partial charge in [0.1, 0.15) is 5.82 Å². The lowest BCUT2D eigenvalue weighted by molar-refractivity contribution is 0.592. The van der Waals surface area contributed by atoms with Gasteiger partial charge in [-0.05, 0) is 24.3 Å². The van der Waals surface area contributed by atoms with Crippen molar-refractivity contribution < 1.29 is 0 Å². The summed E-state index contributed by atoms with van der Waals surface area (Å²) >= 11 is 5.40. The SMILES string of the molecule is c1ccc(-c2nnc3n2[C@@H](CSc2nnc(Cc4cccs4)n2C2CC2)CS3)cc1. The van der Waals surface area contributed by atoms with Crippen molar-refractivity contribution in [3.05, 3.63) is 58.5 Å². The first kappa shape index (κ1) is 18.7. The molecule has 0 unspecified atom stereocenters. The predicted molar refractivity (Wildman–Crippen MR) is 121 cm³/mol. The highest BCUT2D eigenvalue weighted by Crippen LogP contribution is 2.42. The second kappa shape index (κ2) is 7.86. The molecule has 3 aromatic heterocycles. The van der Waals surface area contributed by atoms with Crippen LogP contribution < -0.4 is 0 Å². The molecule has 0 amide bonds. The number of thiophene rings is 1. The van der Waals surface area contributed by atoms with Crippen LogP contribution in [0.2, 0.25) is 0 Å². The number of benzene rings is 1. The van der Waals surface area contributed by atoms with E-state index in [1.165, 1.54) is 17.7 Å². The van der Waals surface area contributed by atoms with E-state index in [9.17, 15) is 0 Å². The van der Waals surface area contributed by atoms with E-state index in [4.69, 9.17) is 0 Å². The highest BCUT2D eigenvalue weighted by molar-refractivity contribution is 8.00. The van der Waals surface area contributed by atoms with E-state index in [1.807, 2.05) is 17.8 Å². The van der Waals surface area contributed by atoms with Gasteiger partial charge in [0.05, 0.1) is 6.04 Å². The maximum atomic E-state index is 4.58. The molecule has 0 saturated heterocycles. The van der Waals surface area contributed by atoms with E-state index in [2.05, 4.69) is 71.3 Å². The molecule has 30 heavy (non-hydrogen) atoms. The van der Waals surface area contributed by atoms with Crippen molar-refractivity contribution in [1.29, 1.82) is 0 Å². The Bertz CT molecular complexity index is 1150. The zero-order valence-corrected chi connectivity index (χ0v) is 18.7. The van der Waals surface area contributed by atoms with Crippen molar-refractivity contribution in [2.24, 2.45) is 0 Å². The number of fused-ring (bicyclic) bond motifs is 1. The summed E-state index contributed by atoms with van der Waals surface area (Å²) in [4.78, 5) is 1.34. The quantitative estimate of drug-likeness (QED) is 0.369. The number of aromatic nitrogens is 6. The third kappa shape index (κ3) is 3.48. The van der Waals surface area contributed by atoms with Gasteiger partial charge in [-0.1, -0.05) is 59.9 Å². The Morgan fingerprint density at radius 1 is 0.967 bits per heavy atom. The van der Waals surface area contributed by atoms with Crippen molar-refractivity contribution in [2.75, 3.05) is 11.5 Å². The fraction of sp³-hybridized carbons (Fsp3) is 0.333. The van der Waals surface area contributed by atoms with Gasteiger partial charge in [0, 0.05) is 34.4 Å². The molecule has 0 N–H and O–H groups in total. The third-order valence-corrected chi connectivity index (χ3v) is 8.48. The van der Waals surface area contributed by atoms with Crippen LogP contribution in [0.3, 0.4) is 0 Å². The van der Waals surface area contributed by atoms with E-state index in [0.717, 1.165) is 45.5 Å². The highest BCUT2D eigenvalue weighted by Gasteiger charge is 2.32. The van der Waals surface area contributed by atoms with Crippen molar-refractivity contribution in [2.45, 2.75) is 41.7 Å². The summed E-state index contributed by atoms with van der Waals surface area (Å²) < 4.78 is 4.69. The first-order chi connectivity index (χ1) is 14.9. The van der Waals surface area contributed by atoms with Gasteiger partial charge in [0.25, 0.3) is 0 Å². The summed E-state index contributed by atoms with van der Waals surface area (Å²) in [6.45, 7) is 0. The van der Waals surface area contributed by atoms with Gasteiger partial charge in [-0.25, -0.2) is 0 Å². The first-order valence-corrected chi connectivity index (χ1v) is 12.9. The summed E-state index contributed by atoms with van der Waals surface area (Å²) in [6.07, 6.45) is 3.33. The van der Waals surface area contributed by atoms with Crippen molar-refractivity contribution in [3.63, 3.8) is 0 Å². The van der Waals surface area contributed by atoms with Crippen LogP contribution in [-0.2, 0) is 6.42 Å². The van der Waals surface area contributed by atoms with E-state index in [0.29, 0.717) is 12.1 Å². The van der Waals surface area contributed by atoms with Crippen LogP contribution in [0.15, 0.2) is 58.2 Å². The molecule has 1 aliphatic carbocycles. The molecular formula is C21H20N6S3. The number of thioether (sulfide) groups is 2.